The van der Waals surface area contributed by atoms with Crippen LogP contribution in [0.15, 0.2) is 12.1 Å². The molecule has 0 aliphatic heterocycles. The molecule has 0 atom stereocenters. The number of nitrogens with two attached hydrogens (primary N) is 1. The standard InChI is InChI=1S/C15H23NO/c1-10-11(2)15(8-5-13(10)9-16)12-3-6-14(17)7-4-12/h5,8,12,14,17H,3-4,6-7,9,16H2,1-2H3. The van der Waals surface area contributed by atoms with E-state index in [1.165, 1.54) is 22.3 Å². The quantitative estimate of drug-likeness (QED) is 0.825. The Morgan fingerprint density at radius 2 is 1.76 bits per heavy atom. The fourth-order valence-electron chi connectivity index (χ4n) is 2.95. The van der Waals surface area contributed by atoms with Crippen molar-refractivity contribution in [2.24, 2.45) is 5.73 Å². The molecule has 1 aliphatic rings. The first-order chi connectivity index (χ1) is 8.13. The maximum atomic E-state index is 9.56. The molecule has 2 rings (SSSR count). The number of aliphatic hydroxyl groups excluding tert-OH is 1. The Bertz CT molecular complexity index is 392. The predicted octanol–water partition coefficient (Wildman–Crippen LogP) is 2.78. The molecular weight excluding hydrogens is 210 g/mol. The molecule has 0 amide bonds. The van der Waals surface area contributed by atoms with Crippen LogP contribution in [-0.2, 0) is 6.54 Å². The Hall–Kier alpha value is -0.860. The zero-order chi connectivity index (χ0) is 12.4. The Kier molecular flexibility index (Phi) is 3.85. The van der Waals surface area contributed by atoms with Crippen molar-refractivity contribution in [3.63, 3.8) is 0 Å². The van der Waals surface area contributed by atoms with E-state index in [-0.39, 0.29) is 6.10 Å². The van der Waals surface area contributed by atoms with Gasteiger partial charge in [0.2, 0.25) is 0 Å². The molecule has 0 bridgehead atoms. The van der Waals surface area contributed by atoms with Crippen molar-refractivity contribution in [2.75, 3.05) is 0 Å². The van der Waals surface area contributed by atoms with Gasteiger partial charge in [0.05, 0.1) is 6.10 Å². The second kappa shape index (κ2) is 5.19. The third kappa shape index (κ3) is 2.53. The first-order valence-corrected chi connectivity index (χ1v) is 6.60. The molecule has 1 saturated carbocycles. The van der Waals surface area contributed by atoms with Gasteiger partial charge in [0.1, 0.15) is 0 Å². The summed E-state index contributed by atoms with van der Waals surface area (Å²) in [7, 11) is 0. The second-order valence-corrected chi connectivity index (χ2v) is 5.27. The summed E-state index contributed by atoms with van der Waals surface area (Å²) in [6.07, 6.45) is 4.05. The lowest BCUT2D eigenvalue weighted by Crippen LogP contribution is -2.18. The van der Waals surface area contributed by atoms with Crippen LogP contribution in [0.5, 0.6) is 0 Å². The molecule has 3 N–H and O–H groups in total. The zero-order valence-corrected chi connectivity index (χ0v) is 10.9. The molecule has 0 heterocycles. The van der Waals surface area contributed by atoms with Crippen molar-refractivity contribution in [1.82, 2.24) is 0 Å². The fraction of sp³-hybridized carbons (Fsp3) is 0.600. The molecule has 0 aromatic heterocycles. The molecule has 0 unspecified atom stereocenters. The van der Waals surface area contributed by atoms with Crippen molar-refractivity contribution < 1.29 is 5.11 Å². The highest BCUT2D eigenvalue weighted by Gasteiger charge is 2.22. The van der Waals surface area contributed by atoms with Gasteiger partial charge in [-0.3, -0.25) is 0 Å². The highest BCUT2D eigenvalue weighted by molar-refractivity contribution is 5.41. The third-order valence-electron chi connectivity index (χ3n) is 4.30. The molecule has 1 aromatic rings. The smallest absolute Gasteiger partial charge is 0.0540 e. The summed E-state index contributed by atoms with van der Waals surface area (Å²) in [6, 6.07) is 4.41. The van der Waals surface area contributed by atoms with Crippen LogP contribution in [0, 0.1) is 13.8 Å². The largest absolute Gasteiger partial charge is 0.393 e. The molecule has 94 valence electrons. The van der Waals surface area contributed by atoms with E-state index in [0.29, 0.717) is 12.5 Å². The summed E-state index contributed by atoms with van der Waals surface area (Å²) < 4.78 is 0. The van der Waals surface area contributed by atoms with Gasteiger partial charge in [0, 0.05) is 6.54 Å². The molecule has 1 fully saturated rings. The number of benzene rings is 1. The van der Waals surface area contributed by atoms with Crippen molar-refractivity contribution >= 4 is 0 Å². The lowest BCUT2D eigenvalue weighted by atomic mass is 9.80. The van der Waals surface area contributed by atoms with E-state index >= 15 is 0 Å². The average Bonchev–Trinajstić information content (AvgIpc) is 2.34. The lowest BCUT2D eigenvalue weighted by molar-refractivity contribution is 0.122. The molecular formula is C15H23NO. The highest BCUT2D eigenvalue weighted by atomic mass is 16.3. The van der Waals surface area contributed by atoms with Crippen LogP contribution in [0.3, 0.4) is 0 Å². The highest BCUT2D eigenvalue weighted by Crippen LogP contribution is 2.35. The second-order valence-electron chi connectivity index (χ2n) is 5.27. The van der Waals surface area contributed by atoms with Gasteiger partial charge in [-0.1, -0.05) is 12.1 Å². The summed E-state index contributed by atoms with van der Waals surface area (Å²) in [5.74, 6) is 0.629. The maximum absolute atomic E-state index is 9.56. The minimum Gasteiger partial charge on any atom is -0.393 e. The molecule has 2 nitrogen and oxygen atoms in total. The number of hydrogen-bond acceptors (Lipinski definition) is 2. The van der Waals surface area contributed by atoms with E-state index < -0.39 is 0 Å². The van der Waals surface area contributed by atoms with E-state index in [0.717, 1.165) is 25.7 Å². The summed E-state index contributed by atoms with van der Waals surface area (Å²) in [5, 5.41) is 9.56. The van der Waals surface area contributed by atoms with Crippen molar-refractivity contribution in [3.8, 4) is 0 Å². The minimum atomic E-state index is -0.0732. The Morgan fingerprint density at radius 1 is 1.12 bits per heavy atom. The van der Waals surface area contributed by atoms with Crippen LogP contribution in [0.25, 0.3) is 0 Å². The van der Waals surface area contributed by atoms with Gasteiger partial charge in [-0.25, -0.2) is 0 Å². The van der Waals surface area contributed by atoms with E-state index in [4.69, 9.17) is 5.73 Å². The molecule has 0 spiro atoms. The number of aliphatic hydroxyl groups is 1. The van der Waals surface area contributed by atoms with Gasteiger partial charge < -0.3 is 10.8 Å². The molecule has 17 heavy (non-hydrogen) atoms. The normalized spacial score (nSPS) is 24.9. The third-order valence-corrected chi connectivity index (χ3v) is 4.30. The van der Waals surface area contributed by atoms with Gasteiger partial charge >= 0.3 is 0 Å². The van der Waals surface area contributed by atoms with Gasteiger partial charge in [-0.15, -0.1) is 0 Å². The number of hydrogen-bond donors (Lipinski definition) is 2. The monoisotopic (exact) mass is 233 g/mol. The van der Waals surface area contributed by atoms with Crippen LogP contribution in [0.4, 0.5) is 0 Å². The molecule has 1 aromatic carbocycles. The Labute approximate surface area is 104 Å². The number of rotatable bonds is 2. The van der Waals surface area contributed by atoms with Crippen molar-refractivity contribution in [3.05, 3.63) is 34.4 Å². The predicted molar refractivity (Wildman–Crippen MR) is 71.0 cm³/mol. The summed E-state index contributed by atoms with van der Waals surface area (Å²) >= 11 is 0. The van der Waals surface area contributed by atoms with Gasteiger partial charge in [0.25, 0.3) is 0 Å². The molecule has 2 heteroatoms. The summed E-state index contributed by atoms with van der Waals surface area (Å²) in [4.78, 5) is 0. The van der Waals surface area contributed by atoms with E-state index in [1.807, 2.05) is 0 Å². The van der Waals surface area contributed by atoms with Crippen LogP contribution in [-0.4, -0.2) is 11.2 Å². The van der Waals surface area contributed by atoms with E-state index in [2.05, 4.69) is 26.0 Å². The SMILES string of the molecule is Cc1c(CN)ccc(C2CCC(O)CC2)c1C. The van der Waals surface area contributed by atoms with E-state index in [1.54, 1.807) is 0 Å². The molecule has 1 aliphatic carbocycles. The molecule has 0 radical (unpaired) electrons. The Balaban J connectivity index is 2.24. The maximum Gasteiger partial charge on any atom is 0.0540 e. The van der Waals surface area contributed by atoms with Crippen molar-refractivity contribution in [1.29, 1.82) is 0 Å². The van der Waals surface area contributed by atoms with Gasteiger partial charge in [-0.2, -0.15) is 0 Å². The van der Waals surface area contributed by atoms with E-state index in [9.17, 15) is 5.11 Å². The topological polar surface area (TPSA) is 46.2 Å². The summed E-state index contributed by atoms with van der Waals surface area (Å²) in [5.41, 5.74) is 11.2. The first kappa shape index (κ1) is 12.6. The van der Waals surface area contributed by atoms with Crippen LogP contribution in [0.1, 0.15) is 53.9 Å². The fourth-order valence-corrected chi connectivity index (χ4v) is 2.95. The minimum absolute atomic E-state index is 0.0732. The van der Waals surface area contributed by atoms with Gasteiger partial charge in [-0.05, 0) is 67.7 Å². The van der Waals surface area contributed by atoms with Crippen LogP contribution >= 0.6 is 0 Å². The lowest BCUT2D eigenvalue weighted by Gasteiger charge is -2.27. The summed E-state index contributed by atoms with van der Waals surface area (Å²) in [6.45, 7) is 4.99. The van der Waals surface area contributed by atoms with Gasteiger partial charge in [0.15, 0.2) is 0 Å². The van der Waals surface area contributed by atoms with Crippen LogP contribution < -0.4 is 5.73 Å². The Morgan fingerprint density at radius 3 is 2.35 bits per heavy atom. The van der Waals surface area contributed by atoms with Crippen molar-refractivity contribution in [2.45, 2.75) is 58.1 Å². The molecule has 0 saturated heterocycles. The average molecular weight is 233 g/mol. The first-order valence-electron chi connectivity index (χ1n) is 6.60. The zero-order valence-electron chi connectivity index (χ0n) is 10.9. The van der Waals surface area contributed by atoms with Crippen LogP contribution in [0.2, 0.25) is 0 Å².